The van der Waals surface area contributed by atoms with Crippen LogP contribution in [0.2, 0.25) is 0 Å². The zero-order valence-electron chi connectivity index (χ0n) is 15.5. The molecule has 2 rings (SSSR count). The fourth-order valence-electron chi connectivity index (χ4n) is 2.69. The van der Waals surface area contributed by atoms with Crippen LogP contribution in [0.1, 0.15) is 60.9 Å². The Balaban J connectivity index is 2.20. The first kappa shape index (κ1) is 19.3. The number of nitrogens with zero attached hydrogens (tertiary/aromatic N) is 1. The molecule has 0 saturated carbocycles. The van der Waals surface area contributed by atoms with E-state index in [0.717, 1.165) is 5.56 Å². The third-order valence-electron chi connectivity index (χ3n) is 4.00. The number of anilines is 1. The summed E-state index contributed by atoms with van der Waals surface area (Å²) in [4.78, 5) is 24.1. The monoisotopic (exact) mass is 354 g/mol. The van der Waals surface area contributed by atoms with Crippen LogP contribution in [0.25, 0.3) is 0 Å². The van der Waals surface area contributed by atoms with Crippen LogP contribution < -0.4 is 10.1 Å². The molecule has 0 radical (unpaired) electrons. The predicted octanol–water partition coefficient (Wildman–Crippen LogP) is 4.19. The third-order valence-corrected chi connectivity index (χ3v) is 4.00. The lowest BCUT2D eigenvalue weighted by Crippen LogP contribution is -2.30. The number of nitriles is 1. The van der Waals surface area contributed by atoms with E-state index in [1.54, 1.807) is 13.8 Å². The van der Waals surface area contributed by atoms with Crippen molar-refractivity contribution in [3.05, 3.63) is 46.7 Å². The van der Waals surface area contributed by atoms with Crippen LogP contribution in [0.4, 0.5) is 5.88 Å². The molecule has 0 spiro atoms. The molecule has 0 aliphatic carbocycles. The fraction of sp³-hybridized carbons (Fsp3) is 0.350. The van der Waals surface area contributed by atoms with Crippen LogP contribution in [0.3, 0.4) is 0 Å². The summed E-state index contributed by atoms with van der Waals surface area (Å²) >= 11 is 0. The summed E-state index contributed by atoms with van der Waals surface area (Å²) in [5.41, 5.74) is 1.21. The quantitative estimate of drug-likeness (QED) is 0.785. The summed E-state index contributed by atoms with van der Waals surface area (Å²) in [7, 11) is 0. The van der Waals surface area contributed by atoms with Crippen molar-refractivity contribution in [3.63, 3.8) is 0 Å². The smallest absolute Gasteiger partial charge is 0.267 e. The number of para-hydroxylation sites is 1. The molecule has 1 aromatic carbocycles. The molecular weight excluding hydrogens is 332 g/mol. The second-order valence-corrected chi connectivity index (χ2v) is 6.35. The Labute approximate surface area is 152 Å². The van der Waals surface area contributed by atoms with E-state index in [1.165, 1.54) is 6.92 Å². The number of Topliss-reactive ketones (excluding diaryl/α,β-unsaturated/α-hetero) is 1. The first-order valence-corrected chi connectivity index (χ1v) is 8.37. The molecule has 0 aliphatic rings. The van der Waals surface area contributed by atoms with Crippen LogP contribution in [0.15, 0.2) is 28.7 Å². The Hall–Kier alpha value is -3.07. The lowest BCUT2D eigenvalue weighted by molar-refractivity contribution is -0.122. The van der Waals surface area contributed by atoms with Crippen molar-refractivity contribution in [1.82, 2.24) is 0 Å². The van der Waals surface area contributed by atoms with E-state index in [-0.39, 0.29) is 28.7 Å². The Bertz CT molecular complexity index is 874. The average Bonchev–Trinajstić information content (AvgIpc) is 2.90. The second kappa shape index (κ2) is 7.87. The molecule has 1 aromatic heterocycles. The number of aryl methyl sites for hydroxylation is 1. The summed E-state index contributed by atoms with van der Waals surface area (Å²) < 4.78 is 11.2. The van der Waals surface area contributed by atoms with Crippen LogP contribution in [-0.2, 0) is 4.79 Å². The first-order chi connectivity index (χ1) is 12.3. The molecule has 26 heavy (non-hydrogen) atoms. The maximum Gasteiger partial charge on any atom is 0.267 e. The lowest BCUT2D eigenvalue weighted by atomic mass is 10.0. The van der Waals surface area contributed by atoms with Gasteiger partial charge in [0.2, 0.25) is 5.88 Å². The number of carbonyl (C=O) groups is 2. The van der Waals surface area contributed by atoms with E-state index < -0.39 is 12.0 Å². The van der Waals surface area contributed by atoms with Gasteiger partial charge in [0.15, 0.2) is 11.9 Å². The van der Waals surface area contributed by atoms with Crippen LogP contribution >= 0.6 is 0 Å². The number of nitrogens with one attached hydrogen (secondary N) is 1. The van der Waals surface area contributed by atoms with Crippen molar-refractivity contribution in [2.45, 2.75) is 46.6 Å². The molecule has 1 heterocycles. The van der Waals surface area contributed by atoms with Gasteiger partial charge in [0.05, 0.1) is 5.56 Å². The number of carbonyl (C=O) groups excluding carboxylic acids is 2. The molecule has 0 aliphatic heterocycles. The normalized spacial score (nSPS) is 11.7. The van der Waals surface area contributed by atoms with Crippen molar-refractivity contribution < 1.29 is 18.7 Å². The van der Waals surface area contributed by atoms with Crippen molar-refractivity contribution in [2.75, 3.05) is 5.32 Å². The summed E-state index contributed by atoms with van der Waals surface area (Å²) in [5, 5.41) is 11.8. The highest BCUT2D eigenvalue weighted by Crippen LogP contribution is 2.29. The van der Waals surface area contributed by atoms with Crippen LogP contribution in [0.5, 0.6) is 5.75 Å². The molecular formula is C20H22N2O4. The van der Waals surface area contributed by atoms with Gasteiger partial charge < -0.3 is 9.15 Å². The Morgan fingerprint density at radius 2 is 1.88 bits per heavy atom. The maximum absolute atomic E-state index is 12.5. The number of benzene rings is 1. The van der Waals surface area contributed by atoms with E-state index in [1.807, 2.05) is 44.2 Å². The van der Waals surface area contributed by atoms with Gasteiger partial charge in [0, 0.05) is 0 Å². The minimum Gasteiger partial charge on any atom is -0.481 e. The van der Waals surface area contributed by atoms with Gasteiger partial charge in [0.1, 0.15) is 23.1 Å². The van der Waals surface area contributed by atoms with E-state index >= 15 is 0 Å². The number of hydrogen-bond donors (Lipinski definition) is 1. The molecule has 0 bridgehead atoms. The molecule has 0 saturated heterocycles. The van der Waals surface area contributed by atoms with Crippen molar-refractivity contribution in [1.29, 1.82) is 5.26 Å². The Morgan fingerprint density at radius 1 is 1.23 bits per heavy atom. The molecule has 0 fully saturated rings. The highest BCUT2D eigenvalue weighted by molar-refractivity contribution is 6.01. The van der Waals surface area contributed by atoms with E-state index in [2.05, 4.69) is 5.32 Å². The Kier molecular flexibility index (Phi) is 5.83. The lowest BCUT2D eigenvalue weighted by Gasteiger charge is -2.18. The highest BCUT2D eigenvalue weighted by atomic mass is 16.5. The fourth-order valence-corrected chi connectivity index (χ4v) is 2.69. The molecule has 1 N–H and O–H groups in total. The van der Waals surface area contributed by atoms with Crippen LogP contribution in [0, 0.1) is 18.3 Å². The molecule has 1 amide bonds. The topological polar surface area (TPSA) is 92.3 Å². The standard InChI is InChI=1S/C20H22N2O4/c1-11(2)15-8-6-7-9-17(15)25-14(5)19(24)22-20-16(10-21)18(12(3)23)13(4)26-20/h6-9,11,14H,1-5H3,(H,22,24). The first-order valence-electron chi connectivity index (χ1n) is 8.37. The third kappa shape index (κ3) is 3.94. The van der Waals surface area contributed by atoms with Crippen molar-refractivity contribution in [3.8, 4) is 11.8 Å². The van der Waals surface area contributed by atoms with E-state index in [4.69, 9.17) is 9.15 Å². The maximum atomic E-state index is 12.5. The van der Waals surface area contributed by atoms with Gasteiger partial charge in [-0.25, -0.2) is 0 Å². The van der Waals surface area contributed by atoms with Gasteiger partial charge in [-0.3, -0.25) is 14.9 Å². The van der Waals surface area contributed by atoms with Gasteiger partial charge in [-0.15, -0.1) is 0 Å². The molecule has 1 unspecified atom stereocenters. The second-order valence-electron chi connectivity index (χ2n) is 6.35. The van der Waals surface area contributed by atoms with E-state index in [9.17, 15) is 14.9 Å². The molecule has 6 heteroatoms. The van der Waals surface area contributed by atoms with Crippen LogP contribution in [-0.4, -0.2) is 17.8 Å². The van der Waals surface area contributed by atoms with Crippen molar-refractivity contribution in [2.24, 2.45) is 0 Å². The molecule has 136 valence electrons. The van der Waals surface area contributed by atoms with Gasteiger partial charge >= 0.3 is 0 Å². The van der Waals surface area contributed by atoms with Gasteiger partial charge in [-0.1, -0.05) is 32.0 Å². The SMILES string of the molecule is CC(=O)c1c(C)oc(NC(=O)C(C)Oc2ccccc2C(C)C)c1C#N. The van der Waals surface area contributed by atoms with Gasteiger partial charge in [0.25, 0.3) is 5.91 Å². The van der Waals surface area contributed by atoms with Gasteiger partial charge in [-0.2, -0.15) is 5.26 Å². The average molecular weight is 354 g/mol. The summed E-state index contributed by atoms with van der Waals surface area (Å²) in [6.07, 6.45) is -0.812. The molecule has 2 aromatic rings. The number of ketones is 1. The van der Waals surface area contributed by atoms with Crippen molar-refractivity contribution >= 4 is 17.6 Å². The van der Waals surface area contributed by atoms with E-state index in [0.29, 0.717) is 11.5 Å². The predicted molar refractivity (Wildman–Crippen MR) is 97.4 cm³/mol. The minimum absolute atomic E-state index is 0.0260. The number of furan rings is 1. The zero-order valence-corrected chi connectivity index (χ0v) is 15.5. The zero-order chi connectivity index (χ0) is 19.4. The highest BCUT2D eigenvalue weighted by Gasteiger charge is 2.25. The summed E-state index contributed by atoms with van der Waals surface area (Å²) in [6, 6.07) is 9.44. The molecule has 6 nitrogen and oxygen atoms in total. The summed E-state index contributed by atoms with van der Waals surface area (Å²) in [6.45, 7) is 8.62. The molecule has 1 atom stereocenters. The number of hydrogen-bond acceptors (Lipinski definition) is 5. The minimum atomic E-state index is -0.812. The number of rotatable bonds is 6. The van der Waals surface area contributed by atoms with Gasteiger partial charge in [-0.05, 0) is 38.3 Å². The largest absolute Gasteiger partial charge is 0.481 e. The summed E-state index contributed by atoms with van der Waals surface area (Å²) in [5.74, 6) is 0.376. The number of amides is 1. The number of ether oxygens (including phenoxy) is 1. The Morgan fingerprint density at radius 3 is 2.46 bits per heavy atom.